The number of aliphatic imine (C=N–C) groups is 1. The Morgan fingerprint density at radius 1 is 1.50 bits per heavy atom. The molecule has 1 saturated heterocycles. The normalized spacial score (nSPS) is 20.9. The SMILES string of the molecule is CN=C(NCc1ccnn1C)NCC1CN(C)CCO1. The predicted molar refractivity (Wildman–Crippen MR) is 78.6 cm³/mol. The minimum atomic E-state index is 0.212. The van der Waals surface area contributed by atoms with E-state index in [4.69, 9.17) is 4.74 Å². The van der Waals surface area contributed by atoms with E-state index in [1.807, 2.05) is 17.8 Å². The number of hydrogen-bond acceptors (Lipinski definition) is 4. The molecule has 1 aliphatic heterocycles. The van der Waals surface area contributed by atoms with Crippen molar-refractivity contribution in [2.75, 3.05) is 40.3 Å². The lowest BCUT2D eigenvalue weighted by atomic mass is 10.3. The average molecular weight is 280 g/mol. The average Bonchev–Trinajstić information content (AvgIpc) is 2.85. The maximum Gasteiger partial charge on any atom is 0.191 e. The summed E-state index contributed by atoms with van der Waals surface area (Å²) in [5, 5.41) is 10.7. The highest BCUT2D eigenvalue weighted by atomic mass is 16.5. The third-order valence-corrected chi connectivity index (χ3v) is 3.42. The highest BCUT2D eigenvalue weighted by Gasteiger charge is 2.17. The van der Waals surface area contributed by atoms with Crippen LogP contribution >= 0.6 is 0 Å². The molecule has 2 rings (SSSR count). The molecule has 0 radical (unpaired) electrons. The van der Waals surface area contributed by atoms with Crippen LogP contribution in [0.4, 0.5) is 0 Å². The number of ether oxygens (including phenoxy) is 1. The molecule has 0 amide bonds. The first-order chi connectivity index (χ1) is 9.69. The summed E-state index contributed by atoms with van der Waals surface area (Å²) in [6.07, 6.45) is 2.00. The molecule has 0 spiro atoms. The molecule has 2 N–H and O–H groups in total. The summed E-state index contributed by atoms with van der Waals surface area (Å²) in [7, 11) is 5.82. The third kappa shape index (κ3) is 4.21. The van der Waals surface area contributed by atoms with Crippen LogP contribution in [0.2, 0.25) is 0 Å². The van der Waals surface area contributed by atoms with E-state index in [9.17, 15) is 0 Å². The lowest BCUT2D eigenvalue weighted by Gasteiger charge is -2.30. The Hall–Kier alpha value is -1.60. The van der Waals surface area contributed by atoms with Crippen LogP contribution in [0.3, 0.4) is 0 Å². The van der Waals surface area contributed by atoms with E-state index in [0.717, 1.165) is 37.9 Å². The van der Waals surface area contributed by atoms with Gasteiger partial charge in [0.25, 0.3) is 0 Å². The Morgan fingerprint density at radius 2 is 2.35 bits per heavy atom. The van der Waals surface area contributed by atoms with Gasteiger partial charge < -0.3 is 20.3 Å². The smallest absolute Gasteiger partial charge is 0.191 e. The van der Waals surface area contributed by atoms with Crippen LogP contribution in [0.5, 0.6) is 0 Å². The van der Waals surface area contributed by atoms with Crippen LogP contribution in [0.15, 0.2) is 17.3 Å². The first-order valence-electron chi connectivity index (χ1n) is 6.90. The number of likely N-dealkylation sites (N-methyl/N-ethyl adjacent to an activating group) is 1. The number of guanidine groups is 1. The number of nitrogens with zero attached hydrogens (tertiary/aromatic N) is 4. The van der Waals surface area contributed by atoms with E-state index in [2.05, 4.69) is 32.7 Å². The molecule has 0 bridgehead atoms. The third-order valence-electron chi connectivity index (χ3n) is 3.42. The van der Waals surface area contributed by atoms with E-state index in [0.29, 0.717) is 6.54 Å². The molecule has 1 aromatic rings. The van der Waals surface area contributed by atoms with Crippen molar-refractivity contribution in [3.8, 4) is 0 Å². The van der Waals surface area contributed by atoms with Gasteiger partial charge in [-0.05, 0) is 13.1 Å². The summed E-state index contributed by atoms with van der Waals surface area (Å²) in [5.41, 5.74) is 1.11. The molecule has 0 aliphatic carbocycles. The molecule has 7 heteroatoms. The van der Waals surface area contributed by atoms with Gasteiger partial charge in [0.2, 0.25) is 0 Å². The van der Waals surface area contributed by atoms with Crippen LogP contribution in [0, 0.1) is 0 Å². The van der Waals surface area contributed by atoms with Crippen LogP contribution in [0.25, 0.3) is 0 Å². The molecule has 1 unspecified atom stereocenters. The highest BCUT2D eigenvalue weighted by molar-refractivity contribution is 5.79. The summed E-state index contributed by atoms with van der Waals surface area (Å²) < 4.78 is 7.56. The number of aromatic nitrogens is 2. The summed E-state index contributed by atoms with van der Waals surface area (Å²) in [6.45, 7) is 4.20. The largest absolute Gasteiger partial charge is 0.374 e. The number of hydrogen-bond donors (Lipinski definition) is 2. The summed E-state index contributed by atoms with van der Waals surface area (Å²) >= 11 is 0. The summed E-state index contributed by atoms with van der Waals surface area (Å²) in [5.74, 6) is 0.781. The second-order valence-corrected chi connectivity index (χ2v) is 5.01. The van der Waals surface area contributed by atoms with Gasteiger partial charge in [0, 0.05) is 39.9 Å². The van der Waals surface area contributed by atoms with Gasteiger partial charge in [-0.2, -0.15) is 5.10 Å². The fraction of sp³-hybridized carbons (Fsp3) is 0.692. The second kappa shape index (κ2) is 7.25. The van der Waals surface area contributed by atoms with Gasteiger partial charge in [-0.3, -0.25) is 9.67 Å². The first kappa shape index (κ1) is 14.8. The lowest BCUT2D eigenvalue weighted by molar-refractivity contribution is -0.0161. The van der Waals surface area contributed by atoms with Gasteiger partial charge in [0.05, 0.1) is 24.9 Å². The number of aryl methyl sites for hydroxylation is 1. The second-order valence-electron chi connectivity index (χ2n) is 5.01. The topological polar surface area (TPSA) is 66.7 Å². The van der Waals surface area contributed by atoms with Crippen LogP contribution in [-0.4, -0.2) is 67.1 Å². The van der Waals surface area contributed by atoms with Crippen molar-refractivity contribution < 1.29 is 4.74 Å². The molecule has 1 fully saturated rings. The summed E-state index contributed by atoms with van der Waals surface area (Å²) in [6, 6.07) is 1.99. The minimum absolute atomic E-state index is 0.212. The Labute approximate surface area is 120 Å². The summed E-state index contributed by atoms with van der Waals surface area (Å²) in [4.78, 5) is 6.50. The Morgan fingerprint density at radius 3 is 3.00 bits per heavy atom. The van der Waals surface area contributed by atoms with Crippen molar-refractivity contribution in [2.45, 2.75) is 12.6 Å². The van der Waals surface area contributed by atoms with Crippen molar-refractivity contribution in [2.24, 2.45) is 12.0 Å². The fourth-order valence-corrected chi connectivity index (χ4v) is 2.17. The number of morpholine rings is 1. The highest BCUT2D eigenvalue weighted by Crippen LogP contribution is 2.01. The minimum Gasteiger partial charge on any atom is -0.374 e. The van der Waals surface area contributed by atoms with Gasteiger partial charge in [-0.1, -0.05) is 0 Å². The van der Waals surface area contributed by atoms with Crippen molar-refractivity contribution >= 4 is 5.96 Å². The molecular weight excluding hydrogens is 256 g/mol. The molecule has 0 aromatic carbocycles. The van der Waals surface area contributed by atoms with Gasteiger partial charge >= 0.3 is 0 Å². The monoisotopic (exact) mass is 280 g/mol. The number of nitrogens with one attached hydrogen (secondary N) is 2. The Kier molecular flexibility index (Phi) is 5.37. The molecule has 2 heterocycles. The molecular formula is C13H24N6O. The van der Waals surface area contributed by atoms with E-state index >= 15 is 0 Å². The van der Waals surface area contributed by atoms with Crippen molar-refractivity contribution in [1.29, 1.82) is 0 Å². The van der Waals surface area contributed by atoms with E-state index in [-0.39, 0.29) is 6.10 Å². The molecule has 1 atom stereocenters. The zero-order chi connectivity index (χ0) is 14.4. The van der Waals surface area contributed by atoms with Gasteiger partial charge in [-0.15, -0.1) is 0 Å². The van der Waals surface area contributed by atoms with Gasteiger partial charge in [0.15, 0.2) is 5.96 Å². The maximum absolute atomic E-state index is 5.71. The van der Waals surface area contributed by atoms with Crippen molar-refractivity contribution in [1.82, 2.24) is 25.3 Å². The van der Waals surface area contributed by atoms with Gasteiger partial charge in [0.1, 0.15) is 0 Å². The van der Waals surface area contributed by atoms with Crippen LogP contribution in [0.1, 0.15) is 5.69 Å². The standard InChI is InChI=1S/C13H24N6O/c1-14-13(15-8-11-4-5-17-19(11)3)16-9-12-10-18(2)6-7-20-12/h4-5,12H,6-10H2,1-3H3,(H2,14,15,16). The van der Waals surface area contributed by atoms with Crippen LogP contribution < -0.4 is 10.6 Å². The predicted octanol–water partition coefficient (Wildman–Crippen LogP) is -0.584. The fourth-order valence-electron chi connectivity index (χ4n) is 2.17. The van der Waals surface area contributed by atoms with Gasteiger partial charge in [-0.25, -0.2) is 0 Å². The maximum atomic E-state index is 5.71. The van der Waals surface area contributed by atoms with E-state index in [1.54, 1.807) is 13.2 Å². The Bertz CT molecular complexity index is 444. The molecule has 7 nitrogen and oxygen atoms in total. The zero-order valence-corrected chi connectivity index (χ0v) is 12.5. The van der Waals surface area contributed by atoms with E-state index < -0.39 is 0 Å². The Balaban J connectivity index is 1.74. The molecule has 20 heavy (non-hydrogen) atoms. The molecule has 1 aromatic heterocycles. The van der Waals surface area contributed by atoms with Crippen molar-refractivity contribution in [3.05, 3.63) is 18.0 Å². The van der Waals surface area contributed by atoms with Crippen LogP contribution in [-0.2, 0) is 18.3 Å². The lowest BCUT2D eigenvalue weighted by Crippen LogP contribution is -2.48. The van der Waals surface area contributed by atoms with E-state index in [1.165, 1.54) is 0 Å². The van der Waals surface area contributed by atoms with Crippen molar-refractivity contribution in [3.63, 3.8) is 0 Å². The molecule has 112 valence electrons. The molecule has 0 saturated carbocycles. The molecule has 1 aliphatic rings. The first-order valence-corrected chi connectivity index (χ1v) is 6.90. The number of rotatable bonds is 4. The quantitative estimate of drug-likeness (QED) is 0.570. The zero-order valence-electron chi connectivity index (χ0n) is 12.5.